The van der Waals surface area contributed by atoms with Gasteiger partial charge in [-0.3, -0.25) is 4.79 Å². The monoisotopic (exact) mass is 420 g/mol. The SMILES string of the molecule is C=CCOc1ccccc1CN=C(NCC)NCCCC(=O)N1Cc2ccccc2C1. The van der Waals surface area contributed by atoms with Crippen molar-refractivity contribution in [1.29, 1.82) is 0 Å². The third-order valence-electron chi connectivity index (χ3n) is 5.13. The van der Waals surface area contributed by atoms with Crippen LogP contribution in [-0.2, 0) is 24.4 Å². The lowest BCUT2D eigenvalue weighted by molar-refractivity contribution is -0.131. The van der Waals surface area contributed by atoms with Gasteiger partial charge >= 0.3 is 0 Å². The molecule has 0 aliphatic carbocycles. The maximum absolute atomic E-state index is 12.6. The minimum Gasteiger partial charge on any atom is -0.489 e. The molecule has 0 fully saturated rings. The predicted octanol–water partition coefficient (Wildman–Crippen LogP) is 3.63. The zero-order chi connectivity index (χ0) is 21.9. The normalized spacial score (nSPS) is 12.9. The summed E-state index contributed by atoms with van der Waals surface area (Å²) in [5.74, 6) is 1.76. The van der Waals surface area contributed by atoms with Crippen LogP contribution in [0.15, 0.2) is 66.2 Å². The quantitative estimate of drug-likeness (QED) is 0.267. The summed E-state index contributed by atoms with van der Waals surface area (Å²) in [7, 11) is 0. The van der Waals surface area contributed by atoms with Crippen LogP contribution in [0.2, 0.25) is 0 Å². The molecule has 164 valence electrons. The lowest BCUT2D eigenvalue weighted by Crippen LogP contribution is -2.38. The second kappa shape index (κ2) is 11.8. The molecule has 6 nitrogen and oxygen atoms in total. The van der Waals surface area contributed by atoms with Crippen molar-refractivity contribution >= 4 is 11.9 Å². The average molecular weight is 421 g/mol. The highest BCUT2D eigenvalue weighted by Crippen LogP contribution is 2.23. The highest BCUT2D eigenvalue weighted by molar-refractivity contribution is 5.80. The first kappa shape index (κ1) is 22.4. The first-order valence-corrected chi connectivity index (χ1v) is 10.9. The van der Waals surface area contributed by atoms with Crippen LogP contribution >= 0.6 is 0 Å². The van der Waals surface area contributed by atoms with Crippen molar-refractivity contribution in [2.24, 2.45) is 4.99 Å². The van der Waals surface area contributed by atoms with E-state index in [9.17, 15) is 4.79 Å². The number of hydrogen-bond acceptors (Lipinski definition) is 3. The Morgan fingerprint density at radius 2 is 1.84 bits per heavy atom. The molecule has 1 amide bonds. The maximum Gasteiger partial charge on any atom is 0.223 e. The van der Waals surface area contributed by atoms with Crippen molar-refractivity contribution in [2.45, 2.75) is 39.4 Å². The van der Waals surface area contributed by atoms with Crippen LogP contribution < -0.4 is 15.4 Å². The molecule has 2 N–H and O–H groups in total. The first-order valence-electron chi connectivity index (χ1n) is 10.9. The molecule has 1 aliphatic rings. The van der Waals surface area contributed by atoms with Crippen LogP contribution in [0.5, 0.6) is 5.75 Å². The Kier molecular flexibility index (Phi) is 8.52. The number of carbonyl (C=O) groups excluding carboxylic acids is 1. The van der Waals surface area contributed by atoms with Crippen molar-refractivity contribution in [3.8, 4) is 5.75 Å². The summed E-state index contributed by atoms with van der Waals surface area (Å²) in [4.78, 5) is 19.2. The number of rotatable bonds is 10. The van der Waals surface area contributed by atoms with Crippen LogP contribution in [-0.4, -0.2) is 36.5 Å². The fourth-order valence-corrected chi connectivity index (χ4v) is 3.54. The van der Waals surface area contributed by atoms with Crippen LogP contribution in [0.3, 0.4) is 0 Å². The number of guanidine groups is 1. The highest BCUT2D eigenvalue weighted by Gasteiger charge is 2.22. The Morgan fingerprint density at radius 1 is 1.13 bits per heavy atom. The van der Waals surface area contributed by atoms with E-state index in [1.807, 2.05) is 48.2 Å². The van der Waals surface area contributed by atoms with E-state index >= 15 is 0 Å². The molecule has 0 radical (unpaired) electrons. The number of benzene rings is 2. The van der Waals surface area contributed by atoms with E-state index in [1.54, 1.807) is 6.08 Å². The number of hydrogen-bond donors (Lipinski definition) is 2. The minimum atomic E-state index is 0.202. The van der Waals surface area contributed by atoms with Crippen molar-refractivity contribution in [3.63, 3.8) is 0 Å². The van der Waals surface area contributed by atoms with Gasteiger partial charge in [0.05, 0.1) is 6.54 Å². The van der Waals surface area contributed by atoms with Gasteiger partial charge in [0, 0.05) is 38.2 Å². The number of carbonyl (C=O) groups is 1. The van der Waals surface area contributed by atoms with Crippen molar-refractivity contribution in [2.75, 3.05) is 19.7 Å². The molecule has 1 heterocycles. The van der Waals surface area contributed by atoms with E-state index in [0.29, 0.717) is 26.1 Å². The van der Waals surface area contributed by atoms with E-state index in [0.717, 1.165) is 43.3 Å². The van der Waals surface area contributed by atoms with E-state index < -0.39 is 0 Å². The van der Waals surface area contributed by atoms with Gasteiger partial charge in [-0.25, -0.2) is 4.99 Å². The lowest BCUT2D eigenvalue weighted by atomic mass is 10.1. The summed E-state index contributed by atoms with van der Waals surface area (Å²) < 4.78 is 5.71. The first-order chi connectivity index (χ1) is 15.2. The van der Waals surface area contributed by atoms with E-state index in [1.165, 1.54) is 11.1 Å². The Morgan fingerprint density at radius 3 is 2.55 bits per heavy atom. The summed E-state index contributed by atoms with van der Waals surface area (Å²) >= 11 is 0. The largest absolute Gasteiger partial charge is 0.489 e. The Bertz CT molecular complexity index is 885. The fourth-order valence-electron chi connectivity index (χ4n) is 3.54. The molecule has 0 aromatic heterocycles. The summed E-state index contributed by atoms with van der Waals surface area (Å²) in [6.45, 7) is 9.60. The third kappa shape index (κ3) is 6.60. The second-order valence-corrected chi connectivity index (χ2v) is 7.45. The molecule has 3 rings (SSSR count). The van der Waals surface area contributed by atoms with E-state index in [2.05, 4.69) is 34.3 Å². The molecule has 0 saturated carbocycles. The van der Waals surface area contributed by atoms with Gasteiger partial charge in [-0.05, 0) is 30.5 Å². The number of para-hydroxylation sites is 1. The maximum atomic E-state index is 12.6. The average Bonchev–Trinajstić information content (AvgIpc) is 3.23. The molecular formula is C25H32N4O2. The smallest absolute Gasteiger partial charge is 0.223 e. The molecule has 0 saturated heterocycles. The van der Waals surface area contributed by atoms with Gasteiger partial charge in [-0.1, -0.05) is 55.1 Å². The molecule has 0 spiro atoms. The van der Waals surface area contributed by atoms with E-state index in [-0.39, 0.29) is 5.91 Å². The molecule has 2 aromatic carbocycles. The fraction of sp³-hybridized carbons (Fsp3) is 0.360. The molecule has 6 heteroatoms. The topological polar surface area (TPSA) is 66.0 Å². The van der Waals surface area contributed by atoms with E-state index in [4.69, 9.17) is 4.74 Å². The molecule has 0 bridgehead atoms. The molecule has 0 atom stereocenters. The molecule has 2 aromatic rings. The van der Waals surface area contributed by atoms with Gasteiger partial charge in [0.15, 0.2) is 5.96 Å². The van der Waals surface area contributed by atoms with Crippen molar-refractivity contribution in [1.82, 2.24) is 15.5 Å². The van der Waals surface area contributed by atoms with Crippen LogP contribution in [0.4, 0.5) is 0 Å². The zero-order valence-corrected chi connectivity index (χ0v) is 18.3. The number of nitrogens with zero attached hydrogens (tertiary/aromatic N) is 2. The summed E-state index contributed by atoms with van der Waals surface area (Å²) in [5, 5.41) is 6.58. The number of fused-ring (bicyclic) bond motifs is 1. The van der Waals surface area contributed by atoms with Gasteiger partial charge < -0.3 is 20.3 Å². The van der Waals surface area contributed by atoms with Gasteiger partial charge in [0.1, 0.15) is 12.4 Å². The van der Waals surface area contributed by atoms with Gasteiger partial charge in [0.25, 0.3) is 0 Å². The zero-order valence-electron chi connectivity index (χ0n) is 18.3. The van der Waals surface area contributed by atoms with Crippen molar-refractivity contribution in [3.05, 3.63) is 77.9 Å². The predicted molar refractivity (Wildman–Crippen MR) is 125 cm³/mol. The second-order valence-electron chi connectivity index (χ2n) is 7.45. The van der Waals surface area contributed by atoms with Gasteiger partial charge in [-0.2, -0.15) is 0 Å². The standard InChI is InChI=1S/C25H32N4O2/c1-3-16-31-23-13-8-7-10-20(23)17-28-25(26-4-2)27-15-9-14-24(30)29-18-21-11-5-6-12-22(21)19-29/h3,5-8,10-13H,1,4,9,14-19H2,2H3,(H2,26,27,28). The van der Waals surface area contributed by atoms with Gasteiger partial charge in [-0.15, -0.1) is 0 Å². The number of aliphatic imine (C=N–C) groups is 1. The summed E-state index contributed by atoms with van der Waals surface area (Å²) in [5.41, 5.74) is 3.53. The Hall–Kier alpha value is -3.28. The number of ether oxygens (including phenoxy) is 1. The number of amides is 1. The molecular weight excluding hydrogens is 388 g/mol. The summed E-state index contributed by atoms with van der Waals surface area (Å²) in [6, 6.07) is 16.1. The number of nitrogens with one attached hydrogen (secondary N) is 2. The Balaban J connectivity index is 1.45. The minimum absolute atomic E-state index is 0.202. The van der Waals surface area contributed by atoms with Crippen LogP contribution in [0.25, 0.3) is 0 Å². The third-order valence-corrected chi connectivity index (χ3v) is 5.13. The molecule has 31 heavy (non-hydrogen) atoms. The highest BCUT2D eigenvalue weighted by atomic mass is 16.5. The Labute approximate surface area is 185 Å². The van der Waals surface area contributed by atoms with Crippen LogP contribution in [0.1, 0.15) is 36.5 Å². The molecule has 0 unspecified atom stereocenters. The van der Waals surface area contributed by atoms with Crippen LogP contribution in [0, 0.1) is 0 Å². The van der Waals surface area contributed by atoms with Gasteiger partial charge in [0.2, 0.25) is 5.91 Å². The molecule has 1 aliphatic heterocycles. The lowest BCUT2D eigenvalue weighted by Gasteiger charge is -2.16. The summed E-state index contributed by atoms with van der Waals surface area (Å²) in [6.07, 6.45) is 3.02. The van der Waals surface area contributed by atoms with Crippen molar-refractivity contribution < 1.29 is 9.53 Å².